The van der Waals surface area contributed by atoms with Crippen LogP contribution in [0.3, 0.4) is 0 Å². The van der Waals surface area contributed by atoms with E-state index < -0.39 is 0 Å². The number of carbonyl (C=O) groups excluding carboxylic acids is 1. The molecule has 2 atom stereocenters. The van der Waals surface area contributed by atoms with Crippen LogP contribution < -0.4 is 11.1 Å². The summed E-state index contributed by atoms with van der Waals surface area (Å²) in [5, 5.41) is 2.67. The summed E-state index contributed by atoms with van der Waals surface area (Å²) < 4.78 is 13.6. The van der Waals surface area contributed by atoms with Gasteiger partial charge >= 0.3 is 0 Å². The highest BCUT2D eigenvalue weighted by Gasteiger charge is 2.32. The number of carbonyl (C=O) groups is 1. The Balaban J connectivity index is 2.07. The molecule has 4 heteroatoms. The van der Waals surface area contributed by atoms with Crippen LogP contribution in [0.1, 0.15) is 24.8 Å². The third-order valence-corrected chi connectivity index (χ3v) is 3.68. The second-order valence-corrected chi connectivity index (χ2v) is 5.01. The van der Waals surface area contributed by atoms with E-state index in [-0.39, 0.29) is 29.2 Å². The first kappa shape index (κ1) is 13.0. The Morgan fingerprint density at radius 2 is 2.28 bits per heavy atom. The molecular weight excluding hydrogens is 231 g/mol. The zero-order valence-corrected chi connectivity index (χ0v) is 10.6. The summed E-state index contributed by atoms with van der Waals surface area (Å²) in [5.74, 6) is -0.328. The molecule has 0 aliphatic heterocycles. The van der Waals surface area contributed by atoms with Gasteiger partial charge in [0.2, 0.25) is 5.91 Å². The highest BCUT2D eigenvalue weighted by molar-refractivity contribution is 5.93. The molecule has 1 fully saturated rings. The molecule has 0 spiro atoms. The average Bonchev–Trinajstić information content (AvgIpc) is 2.81. The molecule has 1 aromatic carbocycles. The van der Waals surface area contributed by atoms with Crippen molar-refractivity contribution in [2.75, 3.05) is 11.9 Å². The topological polar surface area (TPSA) is 55.1 Å². The maximum Gasteiger partial charge on any atom is 0.227 e. The molecule has 1 saturated carbocycles. The van der Waals surface area contributed by atoms with Crippen LogP contribution in [0.2, 0.25) is 0 Å². The molecule has 1 aliphatic carbocycles. The summed E-state index contributed by atoms with van der Waals surface area (Å²) in [6.45, 7) is 2.34. The standard InChI is InChI=1S/C14H19FN2O/c1-9-5-6-13(12(15)7-9)17-14(18)11-4-2-3-10(11)8-16/h5-7,10-11H,2-4,8,16H2,1H3,(H,17,18)/t10-,11-/m1/s1. The molecule has 0 radical (unpaired) electrons. The lowest BCUT2D eigenvalue weighted by molar-refractivity contribution is -0.120. The zero-order valence-electron chi connectivity index (χ0n) is 10.6. The van der Waals surface area contributed by atoms with Gasteiger partial charge in [0, 0.05) is 5.92 Å². The lowest BCUT2D eigenvalue weighted by atomic mass is 9.95. The van der Waals surface area contributed by atoms with Crippen LogP contribution in [0.15, 0.2) is 18.2 Å². The minimum absolute atomic E-state index is 0.0734. The number of anilines is 1. The first-order valence-electron chi connectivity index (χ1n) is 6.39. The fraction of sp³-hybridized carbons (Fsp3) is 0.500. The van der Waals surface area contributed by atoms with Gasteiger partial charge in [0.15, 0.2) is 0 Å². The first-order valence-corrected chi connectivity index (χ1v) is 6.39. The van der Waals surface area contributed by atoms with Crippen molar-refractivity contribution in [2.24, 2.45) is 17.6 Å². The molecule has 3 nitrogen and oxygen atoms in total. The van der Waals surface area contributed by atoms with Crippen molar-refractivity contribution in [3.05, 3.63) is 29.6 Å². The van der Waals surface area contributed by atoms with E-state index in [4.69, 9.17) is 5.73 Å². The Morgan fingerprint density at radius 1 is 1.50 bits per heavy atom. The maximum atomic E-state index is 13.6. The molecule has 1 aliphatic rings. The van der Waals surface area contributed by atoms with Gasteiger partial charge in [-0.15, -0.1) is 0 Å². The molecule has 3 N–H and O–H groups in total. The molecule has 0 saturated heterocycles. The fourth-order valence-corrected chi connectivity index (χ4v) is 2.61. The predicted molar refractivity (Wildman–Crippen MR) is 69.7 cm³/mol. The minimum atomic E-state index is -0.384. The fourth-order valence-electron chi connectivity index (χ4n) is 2.61. The van der Waals surface area contributed by atoms with Crippen molar-refractivity contribution >= 4 is 11.6 Å². The third-order valence-electron chi connectivity index (χ3n) is 3.68. The van der Waals surface area contributed by atoms with Crippen LogP contribution in [0, 0.1) is 24.6 Å². The number of hydrogen-bond acceptors (Lipinski definition) is 2. The summed E-state index contributed by atoms with van der Waals surface area (Å²) in [6.07, 6.45) is 2.86. The van der Waals surface area contributed by atoms with Crippen LogP contribution >= 0.6 is 0 Å². The maximum absolute atomic E-state index is 13.6. The number of amides is 1. The number of rotatable bonds is 3. The Hall–Kier alpha value is -1.42. The van der Waals surface area contributed by atoms with E-state index in [0.717, 1.165) is 24.8 Å². The Kier molecular flexibility index (Phi) is 3.97. The van der Waals surface area contributed by atoms with Crippen LogP contribution in [0.5, 0.6) is 0 Å². The van der Waals surface area contributed by atoms with E-state index in [1.54, 1.807) is 12.1 Å². The Labute approximate surface area is 107 Å². The molecule has 98 valence electrons. The van der Waals surface area contributed by atoms with Crippen molar-refractivity contribution in [1.29, 1.82) is 0 Å². The van der Waals surface area contributed by atoms with Gasteiger partial charge in [-0.1, -0.05) is 12.5 Å². The minimum Gasteiger partial charge on any atom is -0.330 e. The van der Waals surface area contributed by atoms with Gasteiger partial charge in [0.1, 0.15) is 5.82 Å². The molecule has 0 aromatic heterocycles. The molecule has 0 bridgehead atoms. The summed E-state index contributed by atoms with van der Waals surface area (Å²) in [6, 6.07) is 4.81. The van der Waals surface area contributed by atoms with Crippen molar-refractivity contribution < 1.29 is 9.18 Å². The average molecular weight is 250 g/mol. The number of nitrogens with two attached hydrogens (primary N) is 1. The van der Waals surface area contributed by atoms with E-state index in [1.165, 1.54) is 6.07 Å². The van der Waals surface area contributed by atoms with E-state index in [1.807, 2.05) is 6.92 Å². The molecule has 0 heterocycles. The van der Waals surface area contributed by atoms with E-state index in [2.05, 4.69) is 5.32 Å². The smallest absolute Gasteiger partial charge is 0.227 e. The van der Waals surface area contributed by atoms with Gasteiger partial charge in [0.05, 0.1) is 5.69 Å². The Bertz CT molecular complexity index is 447. The van der Waals surface area contributed by atoms with E-state index in [0.29, 0.717) is 6.54 Å². The summed E-state index contributed by atoms with van der Waals surface area (Å²) >= 11 is 0. The van der Waals surface area contributed by atoms with Gasteiger partial charge in [-0.25, -0.2) is 4.39 Å². The van der Waals surface area contributed by atoms with Gasteiger partial charge in [-0.05, 0) is 49.9 Å². The molecule has 2 rings (SSSR count). The summed E-state index contributed by atoms with van der Waals surface area (Å²) in [5.41, 5.74) is 6.75. The number of aryl methyl sites for hydroxylation is 1. The third kappa shape index (κ3) is 2.70. The van der Waals surface area contributed by atoms with Crippen molar-refractivity contribution in [2.45, 2.75) is 26.2 Å². The molecule has 0 unspecified atom stereocenters. The monoisotopic (exact) mass is 250 g/mol. The number of halogens is 1. The lowest BCUT2D eigenvalue weighted by Crippen LogP contribution is -2.30. The molecule has 18 heavy (non-hydrogen) atoms. The highest BCUT2D eigenvalue weighted by atomic mass is 19.1. The summed E-state index contributed by atoms with van der Waals surface area (Å²) in [7, 11) is 0. The normalized spacial score (nSPS) is 23.1. The quantitative estimate of drug-likeness (QED) is 0.865. The van der Waals surface area contributed by atoms with Crippen LogP contribution in [0.4, 0.5) is 10.1 Å². The van der Waals surface area contributed by atoms with E-state index in [9.17, 15) is 9.18 Å². The lowest BCUT2D eigenvalue weighted by Gasteiger charge is -2.17. The largest absolute Gasteiger partial charge is 0.330 e. The van der Waals surface area contributed by atoms with Crippen molar-refractivity contribution in [3.63, 3.8) is 0 Å². The molecular formula is C14H19FN2O. The zero-order chi connectivity index (χ0) is 13.1. The summed E-state index contributed by atoms with van der Waals surface area (Å²) in [4.78, 5) is 12.1. The second-order valence-electron chi connectivity index (χ2n) is 5.01. The van der Waals surface area contributed by atoms with Gasteiger partial charge in [-0.2, -0.15) is 0 Å². The number of hydrogen-bond donors (Lipinski definition) is 2. The predicted octanol–water partition coefficient (Wildman–Crippen LogP) is 2.45. The molecule has 1 amide bonds. The first-order chi connectivity index (χ1) is 8.61. The number of nitrogens with one attached hydrogen (secondary N) is 1. The van der Waals surface area contributed by atoms with Crippen LogP contribution in [-0.4, -0.2) is 12.5 Å². The van der Waals surface area contributed by atoms with Crippen LogP contribution in [0.25, 0.3) is 0 Å². The Morgan fingerprint density at radius 3 is 2.94 bits per heavy atom. The van der Waals surface area contributed by atoms with Crippen molar-refractivity contribution in [1.82, 2.24) is 0 Å². The van der Waals surface area contributed by atoms with Crippen molar-refractivity contribution in [3.8, 4) is 0 Å². The van der Waals surface area contributed by atoms with Gasteiger partial charge in [0.25, 0.3) is 0 Å². The number of benzene rings is 1. The van der Waals surface area contributed by atoms with Gasteiger partial charge in [-0.3, -0.25) is 4.79 Å². The second kappa shape index (κ2) is 5.48. The van der Waals surface area contributed by atoms with Gasteiger partial charge < -0.3 is 11.1 Å². The molecule has 1 aromatic rings. The SMILES string of the molecule is Cc1ccc(NC(=O)[C@@H]2CCC[C@@H]2CN)c(F)c1. The van der Waals surface area contributed by atoms with Crippen LogP contribution in [-0.2, 0) is 4.79 Å². The van der Waals surface area contributed by atoms with E-state index >= 15 is 0 Å². The highest BCUT2D eigenvalue weighted by Crippen LogP contribution is 2.32.